The van der Waals surface area contributed by atoms with E-state index in [-0.39, 0.29) is 0 Å². The van der Waals surface area contributed by atoms with Crippen LogP contribution in [0.5, 0.6) is 0 Å². The Labute approximate surface area is 132 Å². The second-order valence-electron chi connectivity index (χ2n) is 5.39. The molecule has 0 atom stereocenters. The van der Waals surface area contributed by atoms with Crippen LogP contribution in [0.2, 0.25) is 0 Å². The number of thiophene rings is 1. The van der Waals surface area contributed by atoms with E-state index in [2.05, 4.69) is 33.1 Å². The van der Waals surface area contributed by atoms with Gasteiger partial charge in [0.05, 0.1) is 6.10 Å². The fourth-order valence-corrected chi connectivity index (χ4v) is 3.27. The Kier molecular flexibility index (Phi) is 7.60. The number of nitrogens with one attached hydrogen (secondary N) is 2. The van der Waals surface area contributed by atoms with Crippen LogP contribution in [0.25, 0.3) is 0 Å². The lowest BCUT2D eigenvalue weighted by Gasteiger charge is -2.13. The van der Waals surface area contributed by atoms with Crippen molar-refractivity contribution in [2.24, 2.45) is 4.99 Å². The van der Waals surface area contributed by atoms with Gasteiger partial charge in [0.1, 0.15) is 0 Å². The maximum Gasteiger partial charge on any atom is 0.190 e. The number of nitrogens with zero attached hydrogens (tertiary/aromatic N) is 1. The molecule has 1 fully saturated rings. The average molecular weight is 309 g/mol. The highest BCUT2D eigenvalue weighted by molar-refractivity contribution is 7.09. The molecule has 2 N–H and O–H groups in total. The molecule has 0 aromatic carbocycles. The van der Waals surface area contributed by atoms with Crippen molar-refractivity contribution in [1.82, 2.24) is 10.6 Å². The summed E-state index contributed by atoms with van der Waals surface area (Å²) in [7, 11) is 1.81. The molecule has 4 nitrogen and oxygen atoms in total. The lowest BCUT2D eigenvalue weighted by Crippen LogP contribution is -2.39. The highest BCUT2D eigenvalue weighted by Crippen LogP contribution is 2.20. The number of hydrogen-bond donors (Lipinski definition) is 2. The Morgan fingerprint density at radius 2 is 2.14 bits per heavy atom. The third-order valence-electron chi connectivity index (χ3n) is 3.74. The monoisotopic (exact) mass is 309 g/mol. The van der Waals surface area contributed by atoms with E-state index in [0.717, 1.165) is 38.5 Å². The largest absolute Gasteiger partial charge is 0.378 e. The van der Waals surface area contributed by atoms with Crippen LogP contribution in [0.1, 0.15) is 37.0 Å². The lowest BCUT2D eigenvalue weighted by molar-refractivity contribution is 0.0574. The van der Waals surface area contributed by atoms with Gasteiger partial charge in [0.2, 0.25) is 0 Å². The minimum Gasteiger partial charge on any atom is -0.378 e. The Morgan fingerprint density at radius 3 is 2.86 bits per heavy atom. The fraction of sp³-hybridized carbons (Fsp3) is 0.688. The number of aliphatic imine (C=N–C) groups is 1. The topological polar surface area (TPSA) is 45.7 Å². The molecule has 1 aliphatic carbocycles. The third-order valence-corrected chi connectivity index (χ3v) is 4.67. The van der Waals surface area contributed by atoms with E-state index in [1.165, 1.54) is 30.6 Å². The molecule has 0 spiro atoms. The van der Waals surface area contributed by atoms with Crippen molar-refractivity contribution in [2.75, 3.05) is 26.7 Å². The van der Waals surface area contributed by atoms with E-state index in [4.69, 9.17) is 4.74 Å². The molecule has 118 valence electrons. The number of guanidine groups is 1. The maximum atomic E-state index is 5.85. The number of ether oxygens (including phenoxy) is 1. The molecule has 1 aromatic heterocycles. The first-order chi connectivity index (χ1) is 10.4. The summed E-state index contributed by atoms with van der Waals surface area (Å²) >= 11 is 1.80. The van der Waals surface area contributed by atoms with Crippen LogP contribution in [-0.4, -0.2) is 38.8 Å². The summed E-state index contributed by atoms with van der Waals surface area (Å²) in [6.45, 7) is 2.67. The first kappa shape index (κ1) is 16.3. The molecule has 0 amide bonds. The predicted octanol–water partition coefficient (Wildman–Crippen LogP) is 2.80. The Hall–Kier alpha value is -1.07. The maximum absolute atomic E-state index is 5.85. The van der Waals surface area contributed by atoms with Crippen LogP contribution >= 0.6 is 11.3 Å². The Balaban J connectivity index is 1.49. The van der Waals surface area contributed by atoms with Crippen LogP contribution in [0.15, 0.2) is 22.5 Å². The van der Waals surface area contributed by atoms with Gasteiger partial charge in [-0.2, -0.15) is 0 Å². The van der Waals surface area contributed by atoms with Crippen molar-refractivity contribution in [2.45, 2.75) is 44.6 Å². The van der Waals surface area contributed by atoms with Gasteiger partial charge >= 0.3 is 0 Å². The van der Waals surface area contributed by atoms with E-state index in [1.54, 1.807) is 11.3 Å². The van der Waals surface area contributed by atoms with Crippen LogP contribution in [0, 0.1) is 0 Å². The van der Waals surface area contributed by atoms with E-state index in [1.807, 2.05) is 7.05 Å². The van der Waals surface area contributed by atoms with E-state index < -0.39 is 0 Å². The zero-order chi connectivity index (χ0) is 14.8. The van der Waals surface area contributed by atoms with Crippen molar-refractivity contribution in [1.29, 1.82) is 0 Å². The van der Waals surface area contributed by atoms with Gasteiger partial charge in [0, 0.05) is 31.6 Å². The Morgan fingerprint density at radius 1 is 1.33 bits per heavy atom. The van der Waals surface area contributed by atoms with E-state index in [0.29, 0.717) is 6.10 Å². The second kappa shape index (κ2) is 9.79. The van der Waals surface area contributed by atoms with Crippen LogP contribution in [-0.2, 0) is 11.2 Å². The average Bonchev–Trinajstić information content (AvgIpc) is 3.18. The SMILES string of the molecule is CN=C(NCCCOC1CCCC1)NCCc1cccs1. The zero-order valence-corrected chi connectivity index (χ0v) is 13.8. The van der Waals surface area contributed by atoms with E-state index in [9.17, 15) is 0 Å². The standard InChI is InChI=1S/C16H27N3OS/c1-17-16(19-11-9-15-8-4-13-21-15)18-10-5-12-20-14-6-2-3-7-14/h4,8,13-14H,2-3,5-7,9-12H2,1H3,(H2,17,18,19). The molecule has 0 aliphatic heterocycles. The smallest absolute Gasteiger partial charge is 0.190 e. The summed E-state index contributed by atoms with van der Waals surface area (Å²) in [5.41, 5.74) is 0. The molecular formula is C16H27N3OS. The van der Waals surface area contributed by atoms with Crippen LogP contribution in [0.4, 0.5) is 0 Å². The molecule has 0 bridgehead atoms. The normalized spacial score (nSPS) is 16.3. The van der Waals surface area contributed by atoms with Gasteiger partial charge < -0.3 is 15.4 Å². The molecular weight excluding hydrogens is 282 g/mol. The van der Waals surface area contributed by atoms with Gasteiger partial charge in [-0.05, 0) is 37.1 Å². The highest BCUT2D eigenvalue weighted by atomic mass is 32.1. The molecule has 1 heterocycles. The highest BCUT2D eigenvalue weighted by Gasteiger charge is 2.14. The molecule has 0 saturated heterocycles. The van der Waals surface area contributed by atoms with Gasteiger partial charge in [-0.1, -0.05) is 18.9 Å². The Bertz CT molecular complexity index is 400. The summed E-state index contributed by atoms with van der Waals surface area (Å²) < 4.78 is 5.85. The first-order valence-electron chi connectivity index (χ1n) is 7.97. The molecule has 0 radical (unpaired) electrons. The zero-order valence-electron chi connectivity index (χ0n) is 12.9. The molecule has 5 heteroatoms. The summed E-state index contributed by atoms with van der Waals surface area (Å²) in [5.74, 6) is 0.882. The van der Waals surface area contributed by atoms with Crippen molar-refractivity contribution in [3.8, 4) is 0 Å². The van der Waals surface area contributed by atoms with E-state index >= 15 is 0 Å². The molecule has 1 aliphatic rings. The van der Waals surface area contributed by atoms with Gasteiger partial charge in [-0.3, -0.25) is 4.99 Å². The van der Waals surface area contributed by atoms with Gasteiger partial charge in [-0.25, -0.2) is 0 Å². The van der Waals surface area contributed by atoms with Crippen molar-refractivity contribution in [3.05, 3.63) is 22.4 Å². The van der Waals surface area contributed by atoms with Crippen LogP contribution in [0.3, 0.4) is 0 Å². The minimum absolute atomic E-state index is 0.522. The summed E-state index contributed by atoms with van der Waals surface area (Å²) in [5, 5.41) is 8.80. The van der Waals surface area contributed by atoms with Crippen molar-refractivity contribution in [3.63, 3.8) is 0 Å². The first-order valence-corrected chi connectivity index (χ1v) is 8.85. The third kappa shape index (κ3) is 6.48. The van der Waals surface area contributed by atoms with Gasteiger partial charge in [-0.15, -0.1) is 11.3 Å². The number of rotatable bonds is 8. The van der Waals surface area contributed by atoms with Crippen molar-refractivity contribution >= 4 is 17.3 Å². The summed E-state index contributed by atoms with van der Waals surface area (Å²) in [6.07, 6.45) is 7.77. The lowest BCUT2D eigenvalue weighted by atomic mass is 10.3. The molecule has 0 unspecified atom stereocenters. The number of hydrogen-bond acceptors (Lipinski definition) is 3. The van der Waals surface area contributed by atoms with Gasteiger partial charge in [0.15, 0.2) is 5.96 Å². The second-order valence-corrected chi connectivity index (χ2v) is 6.42. The minimum atomic E-state index is 0.522. The van der Waals surface area contributed by atoms with Crippen molar-refractivity contribution < 1.29 is 4.74 Å². The fourth-order valence-electron chi connectivity index (χ4n) is 2.56. The summed E-state index contributed by atoms with van der Waals surface area (Å²) in [6, 6.07) is 4.26. The molecule has 1 aromatic rings. The molecule has 1 saturated carbocycles. The van der Waals surface area contributed by atoms with Crippen LogP contribution < -0.4 is 10.6 Å². The quantitative estimate of drug-likeness (QED) is 0.441. The summed E-state index contributed by atoms with van der Waals surface area (Å²) in [4.78, 5) is 5.64. The van der Waals surface area contributed by atoms with Gasteiger partial charge in [0.25, 0.3) is 0 Å². The molecule has 21 heavy (non-hydrogen) atoms. The molecule has 2 rings (SSSR count). The predicted molar refractivity (Wildman–Crippen MR) is 90.2 cm³/mol.